The summed E-state index contributed by atoms with van der Waals surface area (Å²) in [5.41, 5.74) is 11.1. The van der Waals surface area contributed by atoms with Crippen LogP contribution in [0.25, 0.3) is 16.9 Å². The smallest absolute Gasteiger partial charge is 0.207 e. The van der Waals surface area contributed by atoms with Gasteiger partial charge in [-0.05, 0) is 30.5 Å². The average molecular weight is 269 g/mol. The fourth-order valence-electron chi connectivity index (χ4n) is 2.55. The largest absolute Gasteiger partial charge is 0.369 e. The maximum atomic E-state index is 6.08. The highest BCUT2D eigenvalue weighted by Gasteiger charge is 2.16. The number of aromatic nitrogens is 4. The zero-order valence-electron chi connectivity index (χ0n) is 12.3. The summed E-state index contributed by atoms with van der Waals surface area (Å²) in [4.78, 5) is 4.42. The van der Waals surface area contributed by atoms with Gasteiger partial charge in [0.1, 0.15) is 5.52 Å². The van der Waals surface area contributed by atoms with Crippen LogP contribution in [0.2, 0.25) is 0 Å². The third kappa shape index (κ3) is 1.78. The Morgan fingerprint density at radius 2 is 1.80 bits per heavy atom. The van der Waals surface area contributed by atoms with Crippen molar-refractivity contribution in [3.63, 3.8) is 0 Å². The summed E-state index contributed by atoms with van der Waals surface area (Å²) in [7, 11) is 1.91. The Morgan fingerprint density at radius 3 is 2.40 bits per heavy atom. The van der Waals surface area contributed by atoms with Crippen LogP contribution in [0.3, 0.4) is 0 Å². The van der Waals surface area contributed by atoms with Crippen molar-refractivity contribution in [3.05, 3.63) is 35.5 Å². The fraction of sp³-hybridized carbons (Fsp3) is 0.333. The van der Waals surface area contributed by atoms with Crippen LogP contribution in [0.15, 0.2) is 24.3 Å². The summed E-state index contributed by atoms with van der Waals surface area (Å²) in [5, 5.41) is 4.40. The van der Waals surface area contributed by atoms with Gasteiger partial charge in [-0.25, -0.2) is 9.67 Å². The number of hydrogen-bond donors (Lipinski definition) is 1. The molecule has 2 N–H and O–H groups in total. The van der Waals surface area contributed by atoms with E-state index in [0.29, 0.717) is 11.9 Å². The lowest BCUT2D eigenvalue weighted by atomic mass is 10.0. The molecule has 0 bridgehead atoms. The Labute approximate surface area is 118 Å². The molecule has 0 aliphatic carbocycles. The van der Waals surface area contributed by atoms with E-state index in [1.165, 1.54) is 5.56 Å². The van der Waals surface area contributed by atoms with E-state index < -0.39 is 0 Å². The number of hydrogen-bond acceptors (Lipinski definition) is 3. The van der Waals surface area contributed by atoms with Crippen LogP contribution >= 0.6 is 0 Å². The maximum absolute atomic E-state index is 6.08. The van der Waals surface area contributed by atoms with Crippen LogP contribution < -0.4 is 5.73 Å². The molecular weight excluding hydrogens is 250 g/mol. The Kier molecular flexibility index (Phi) is 2.78. The lowest BCUT2D eigenvalue weighted by Crippen LogP contribution is -2.05. The molecule has 0 aliphatic heterocycles. The zero-order chi connectivity index (χ0) is 14.4. The fourth-order valence-corrected chi connectivity index (χ4v) is 2.55. The minimum absolute atomic E-state index is 0.494. The van der Waals surface area contributed by atoms with E-state index >= 15 is 0 Å². The van der Waals surface area contributed by atoms with Crippen molar-refractivity contribution in [1.82, 2.24) is 19.3 Å². The van der Waals surface area contributed by atoms with E-state index in [2.05, 4.69) is 48.2 Å². The number of anilines is 1. The van der Waals surface area contributed by atoms with Crippen LogP contribution in [0.4, 0.5) is 5.95 Å². The van der Waals surface area contributed by atoms with E-state index in [4.69, 9.17) is 5.73 Å². The molecule has 0 atom stereocenters. The quantitative estimate of drug-likeness (QED) is 0.778. The third-order valence-electron chi connectivity index (χ3n) is 3.65. The van der Waals surface area contributed by atoms with Crippen molar-refractivity contribution in [1.29, 1.82) is 0 Å². The van der Waals surface area contributed by atoms with E-state index in [0.717, 1.165) is 22.5 Å². The number of rotatable bonds is 2. The second kappa shape index (κ2) is 4.37. The summed E-state index contributed by atoms with van der Waals surface area (Å²) in [6.07, 6.45) is 0. The van der Waals surface area contributed by atoms with E-state index in [1.807, 2.05) is 23.2 Å². The third-order valence-corrected chi connectivity index (χ3v) is 3.65. The maximum Gasteiger partial charge on any atom is 0.207 e. The molecule has 0 radical (unpaired) electrons. The van der Waals surface area contributed by atoms with Crippen molar-refractivity contribution < 1.29 is 0 Å². The van der Waals surface area contributed by atoms with Crippen LogP contribution in [0, 0.1) is 6.92 Å². The normalized spacial score (nSPS) is 11.7. The molecule has 104 valence electrons. The summed E-state index contributed by atoms with van der Waals surface area (Å²) in [6, 6.07) is 8.42. The molecule has 20 heavy (non-hydrogen) atoms. The number of fused-ring (bicyclic) bond motifs is 1. The summed E-state index contributed by atoms with van der Waals surface area (Å²) >= 11 is 0. The predicted octanol–water partition coefficient (Wildman–Crippen LogP) is 2.77. The first-order chi connectivity index (χ1) is 9.49. The van der Waals surface area contributed by atoms with Crippen LogP contribution in [-0.4, -0.2) is 19.3 Å². The number of nitrogen functional groups attached to an aromatic ring is 1. The Hall–Kier alpha value is -2.30. The van der Waals surface area contributed by atoms with Gasteiger partial charge in [-0.2, -0.15) is 5.10 Å². The van der Waals surface area contributed by atoms with Gasteiger partial charge in [0.2, 0.25) is 5.95 Å². The van der Waals surface area contributed by atoms with Gasteiger partial charge in [-0.15, -0.1) is 0 Å². The van der Waals surface area contributed by atoms with Crippen LogP contribution in [0.5, 0.6) is 0 Å². The van der Waals surface area contributed by atoms with E-state index in [1.54, 1.807) is 0 Å². The molecule has 1 aromatic carbocycles. The second-order valence-electron chi connectivity index (χ2n) is 5.43. The molecule has 2 heterocycles. The summed E-state index contributed by atoms with van der Waals surface area (Å²) < 4.78 is 3.77. The molecule has 0 spiro atoms. The highest BCUT2D eigenvalue weighted by molar-refractivity contribution is 5.79. The SMILES string of the molecule is Cc1nn(C)c2c1nc(N)n2-c1ccc(C(C)C)cc1. The molecular formula is C15H19N5. The zero-order valence-corrected chi connectivity index (χ0v) is 12.3. The number of imidazole rings is 1. The van der Waals surface area contributed by atoms with Crippen LogP contribution in [-0.2, 0) is 7.05 Å². The summed E-state index contributed by atoms with van der Waals surface area (Å²) in [6.45, 7) is 6.31. The Bertz CT molecular complexity index is 762. The highest BCUT2D eigenvalue weighted by atomic mass is 15.3. The van der Waals surface area contributed by atoms with Gasteiger partial charge in [0, 0.05) is 7.05 Å². The van der Waals surface area contributed by atoms with Crippen molar-refractivity contribution in [3.8, 4) is 5.69 Å². The van der Waals surface area contributed by atoms with E-state index in [9.17, 15) is 0 Å². The monoisotopic (exact) mass is 269 g/mol. The first-order valence-electron chi connectivity index (χ1n) is 6.77. The number of nitrogens with zero attached hydrogens (tertiary/aromatic N) is 4. The molecule has 3 aromatic rings. The molecule has 0 aliphatic rings. The van der Waals surface area contributed by atoms with Crippen molar-refractivity contribution in [2.75, 3.05) is 5.73 Å². The summed E-state index contributed by atoms with van der Waals surface area (Å²) in [5.74, 6) is 1.01. The van der Waals surface area contributed by atoms with Gasteiger partial charge in [0.25, 0.3) is 0 Å². The Morgan fingerprint density at radius 1 is 1.15 bits per heavy atom. The minimum Gasteiger partial charge on any atom is -0.369 e. The van der Waals surface area contributed by atoms with Gasteiger partial charge < -0.3 is 5.73 Å². The van der Waals surface area contributed by atoms with E-state index in [-0.39, 0.29) is 0 Å². The number of benzene rings is 1. The molecule has 0 unspecified atom stereocenters. The van der Waals surface area contributed by atoms with Gasteiger partial charge in [-0.3, -0.25) is 4.57 Å². The van der Waals surface area contributed by atoms with Gasteiger partial charge in [0.05, 0.1) is 11.4 Å². The molecule has 0 amide bonds. The predicted molar refractivity (Wildman–Crippen MR) is 81.1 cm³/mol. The lowest BCUT2D eigenvalue weighted by Gasteiger charge is -2.09. The van der Waals surface area contributed by atoms with Crippen molar-refractivity contribution in [2.24, 2.45) is 7.05 Å². The van der Waals surface area contributed by atoms with Gasteiger partial charge >= 0.3 is 0 Å². The number of nitrogens with two attached hydrogens (primary N) is 1. The molecule has 5 heteroatoms. The lowest BCUT2D eigenvalue weighted by molar-refractivity contribution is 0.762. The molecule has 0 fully saturated rings. The molecule has 0 saturated carbocycles. The second-order valence-corrected chi connectivity index (χ2v) is 5.43. The van der Waals surface area contributed by atoms with Crippen molar-refractivity contribution in [2.45, 2.75) is 26.7 Å². The van der Waals surface area contributed by atoms with Gasteiger partial charge in [-0.1, -0.05) is 26.0 Å². The molecule has 5 nitrogen and oxygen atoms in total. The molecule has 2 aromatic heterocycles. The molecule has 3 rings (SSSR count). The molecule has 0 saturated heterocycles. The Balaban J connectivity index is 2.21. The van der Waals surface area contributed by atoms with Crippen molar-refractivity contribution >= 4 is 17.1 Å². The standard InChI is InChI=1S/C15H19N5/c1-9(2)11-5-7-12(8-6-11)20-14-13(17-15(20)16)10(3)18-19(14)4/h5-9H,1-4H3,(H2,16,17). The highest BCUT2D eigenvalue weighted by Crippen LogP contribution is 2.25. The first kappa shape index (κ1) is 12.7. The minimum atomic E-state index is 0.494. The van der Waals surface area contributed by atoms with Crippen LogP contribution in [0.1, 0.15) is 31.0 Å². The average Bonchev–Trinajstić information content (AvgIpc) is 2.88. The first-order valence-corrected chi connectivity index (χ1v) is 6.77. The number of aryl methyl sites for hydroxylation is 2. The van der Waals surface area contributed by atoms with Gasteiger partial charge in [0.15, 0.2) is 5.65 Å². The topological polar surface area (TPSA) is 61.7 Å².